The Morgan fingerprint density at radius 1 is 1.17 bits per heavy atom. The van der Waals surface area contributed by atoms with Crippen LogP contribution in [-0.4, -0.2) is 14.6 Å². The zero-order valence-electron chi connectivity index (χ0n) is 9.87. The molecule has 2 aromatic heterocycles. The van der Waals surface area contributed by atoms with Crippen molar-refractivity contribution in [1.29, 1.82) is 0 Å². The summed E-state index contributed by atoms with van der Waals surface area (Å²) in [7, 11) is 0. The van der Waals surface area contributed by atoms with Gasteiger partial charge in [-0.2, -0.15) is 9.61 Å². The molecule has 0 unspecified atom stereocenters. The van der Waals surface area contributed by atoms with Gasteiger partial charge in [0.05, 0.1) is 0 Å². The molecule has 18 heavy (non-hydrogen) atoms. The van der Waals surface area contributed by atoms with Gasteiger partial charge < -0.3 is 10.5 Å². The van der Waals surface area contributed by atoms with E-state index in [0.717, 1.165) is 11.2 Å². The summed E-state index contributed by atoms with van der Waals surface area (Å²) in [6, 6.07) is 11.1. The summed E-state index contributed by atoms with van der Waals surface area (Å²) in [4.78, 5) is 4.15. The second-order valence-corrected chi connectivity index (χ2v) is 4.07. The minimum Gasteiger partial charge on any atom is -0.439 e. The third kappa shape index (κ3) is 1.86. The lowest BCUT2D eigenvalue weighted by atomic mass is 10.3. The van der Waals surface area contributed by atoms with Gasteiger partial charge in [0.1, 0.15) is 12.1 Å². The number of hydrogen-bond acceptors (Lipinski definition) is 4. The summed E-state index contributed by atoms with van der Waals surface area (Å²) in [5.74, 6) is 1.35. The Morgan fingerprint density at radius 3 is 2.72 bits per heavy atom. The largest absolute Gasteiger partial charge is 0.439 e. The van der Waals surface area contributed by atoms with Crippen molar-refractivity contribution in [3.8, 4) is 11.6 Å². The van der Waals surface area contributed by atoms with Crippen LogP contribution in [0, 0.1) is 6.92 Å². The van der Waals surface area contributed by atoms with Crippen molar-refractivity contribution >= 4 is 11.3 Å². The van der Waals surface area contributed by atoms with Gasteiger partial charge in [-0.25, -0.2) is 4.98 Å². The van der Waals surface area contributed by atoms with Gasteiger partial charge in [0, 0.05) is 11.8 Å². The standard InChI is InChI=1S/C13H12N4O/c1-9-6-12-15-8-16-17(12)13(7-9)18-11-4-2-10(14)3-5-11/h2-8H,14H2,1H3. The molecule has 0 aliphatic carbocycles. The van der Waals surface area contributed by atoms with E-state index in [4.69, 9.17) is 10.5 Å². The van der Waals surface area contributed by atoms with E-state index < -0.39 is 0 Å². The van der Waals surface area contributed by atoms with E-state index in [2.05, 4.69) is 10.1 Å². The van der Waals surface area contributed by atoms with E-state index in [1.54, 1.807) is 16.6 Å². The van der Waals surface area contributed by atoms with Crippen LogP contribution in [0.15, 0.2) is 42.7 Å². The number of nitrogen functional groups attached to an aromatic ring is 1. The number of nitrogens with two attached hydrogens (primary N) is 1. The Balaban J connectivity index is 2.03. The highest BCUT2D eigenvalue weighted by molar-refractivity contribution is 5.46. The molecule has 1 aromatic carbocycles. The maximum atomic E-state index is 5.79. The molecular formula is C13H12N4O. The molecule has 0 saturated heterocycles. The molecule has 90 valence electrons. The van der Waals surface area contributed by atoms with Gasteiger partial charge in [0.25, 0.3) is 0 Å². The highest BCUT2D eigenvalue weighted by Gasteiger charge is 2.06. The molecule has 5 heteroatoms. The predicted octanol–water partition coefficient (Wildman–Crippen LogP) is 2.41. The van der Waals surface area contributed by atoms with Gasteiger partial charge in [-0.05, 0) is 42.8 Å². The van der Waals surface area contributed by atoms with E-state index in [-0.39, 0.29) is 0 Å². The third-order valence-corrected chi connectivity index (χ3v) is 2.59. The minimum atomic E-state index is 0.632. The van der Waals surface area contributed by atoms with E-state index >= 15 is 0 Å². The molecule has 0 saturated carbocycles. The van der Waals surface area contributed by atoms with Gasteiger partial charge in [-0.3, -0.25) is 0 Å². The first kappa shape index (κ1) is 10.6. The number of anilines is 1. The Kier molecular flexibility index (Phi) is 2.37. The zero-order valence-corrected chi connectivity index (χ0v) is 9.87. The highest BCUT2D eigenvalue weighted by Crippen LogP contribution is 2.23. The quantitative estimate of drug-likeness (QED) is 0.698. The van der Waals surface area contributed by atoms with Crippen LogP contribution >= 0.6 is 0 Å². The molecule has 0 bridgehead atoms. The molecule has 2 heterocycles. The molecule has 0 spiro atoms. The third-order valence-electron chi connectivity index (χ3n) is 2.59. The lowest BCUT2D eigenvalue weighted by molar-refractivity contribution is 0.447. The number of aryl methyl sites for hydroxylation is 1. The van der Waals surface area contributed by atoms with E-state index in [0.29, 0.717) is 17.3 Å². The van der Waals surface area contributed by atoms with Crippen molar-refractivity contribution in [2.75, 3.05) is 5.73 Å². The average molecular weight is 240 g/mol. The summed E-state index contributed by atoms with van der Waals surface area (Å²) in [5, 5.41) is 4.13. The maximum absolute atomic E-state index is 5.79. The minimum absolute atomic E-state index is 0.632. The van der Waals surface area contributed by atoms with Gasteiger partial charge in [0.2, 0.25) is 5.88 Å². The Morgan fingerprint density at radius 2 is 1.94 bits per heavy atom. The Hall–Kier alpha value is -2.56. The first-order chi connectivity index (χ1) is 8.72. The number of rotatable bonds is 2. The number of hydrogen-bond donors (Lipinski definition) is 1. The summed E-state index contributed by atoms with van der Waals surface area (Å²) in [5.41, 5.74) is 8.18. The SMILES string of the molecule is Cc1cc(Oc2ccc(N)cc2)n2ncnc2c1. The Labute approximate surface area is 104 Å². The van der Waals surface area contributed by atoms with Crippen molar-refractivity contribution in [1.82, 2.24) is 14.6 Å². The Bertz CT molecular complexity index is 688. The van der Waals surface area contributed by atoms with E-state index in [9.17, 15) is 0 Å². The molecule has 3 rings (SSSR count). The van der Waals surface area contributed by atoms with Crippen LogP contribution < -0.4 is 10.5 Å². The smallest absolute Gasteiger partial charge is 0.222 e. The normalized spacial score (nSPS) is 10.7. The first-order valence-corrected chi connectivity index (χ1v) is 5.56. The predicted molar refractivity (Wildman–Crippen MR) is 68.7 cm³/mol. The maximum Gasteiger partial charge on any atom is 0.222 e. The van der Waals surface area contributed by atoms with Crippen LogP contribution in [0.3, 0.4) is 0 Å². The monoisotopic (exact) mass is 240 g/mol. The molecule has 0 aliphatic rings. The molecule has 0 aliphatic heterocycles. The van der Waals surface area contributed by atoms with Crippen molar-refractivity contribution in [2.24, 2.45) is 0 Å². The van der Waals surface area contributed by atoms with E-state index in [1.807, 2.05) is 31.2 Å². The van der Waals surface area contributed by atoms with Crippen LogP contribution in [0.4, 0.5) is 5.69 Å². The van der Waals surface area contributed by atoms with Crippen LogP contribution in [-0.2, 0) is 0 Å². The lowest BCUT2D eigenvalue weighted by Crippen LogP contribution is -1.96. The molecule has 0 atom stereocenters. The number of aromatic nitrogens is 3. The van der Waals surface area contributed by atoms with Crippen molar-refractivity contribution in [2.45, 2.75) is 6.92 Å². The van der Waals surface area contributed by atoms with Crippen molar-refractivity contribution in [3.05, 3.63) is 48.3 Å². The topological polar surface area (TPSA) is 65.4 Å². The highest BCUT2D eigenvalue weighted by atomic mass is 16.5. The lowest BCUT2D eigenvalue weighted by Gasteiger charge is -2.08. The fraction of sp³-hybridized carbons (Fsp3) is 0.0769. The summed E-state index contributed by atoms with van der Waals surface area (Å²) in [6.07, 6.45) is 1.50. The molecule has 0 radical (unpaired) electrons. The van der Waals surface area contributed by atoms with Crippen molar-refractivity contribution in [3.63, 3.8) is 0 Å². The molecule has 0 fully saturated rings. The number of fused-ring (bicyclic) bond motifs is 1. The molecule has 5 nitrogen and oxygen atoms in total. The zero-order chi connectivity index (χ0) is 12.5. The average Bonchev–Trinajstić information content (AvgIpc) is 2.80. The summed E-state index contributed by atoms with van der Waals surface area (Å²) >= 11 is 0. The van der Waals surface area contributed by atoms with Gasteiger partial charge >= 0.3 is 0 Å². The number of pyridine rings is 1. The fourth-order valence-electron chi connectivity index (χ4n) is 1.75. The van der Waals surface area contributed by atoms with Crippen LogP contribution in [0.25, 0.3) is 5.65 Å². The van der Waals surface area contributed by atoms with E-state index in [1.165, 1.54) is 6.33 Å². The molecule has 3 aromatic rings. The van der Waals surface area contributed by atoms with Crippen molar-refractivity contribution < 1.29 is 4.74 Å². The second-order valence-electron chi connectivity index (χ2n) is 4.07. The van der Waals surface area contributed by atoms with Gasteiger partial charge in [-0.1, -0.05) is 0 Å². The second kappa shape index (κ2) is 4.03. The number of ether oxygens (including phenoxy) is 1. The summed E-state index contributed by atoms with van der Waals surface area (Å²) in [6.45, 7) is 1.99. The van der Waals surface area contributed by atoms with Gasteiger partial charge in [-0.15, -0.1) is 0 Å². The molecule has 0 amide bonds. The van der Waals surface area contributed by atoms with Gasteiger partial charge in [0.15, 0.2) is 5.65 Å². The molecular weight excluding hydrogens is 228 g/mol. The summed E-state index contributed by atoms with van der Waals surface area (Å²) < 4.78 is 7.45. The fourth-order valence-corrected chi connectivity index (χ4v) is 1.75. The molecule has 2 N–H and O–H groups in total. The van der Waals surface area contributed by atoms with Crippen LogP contribution in [0.5, 0.6) is 11.6 Å². The first-order valence-electron chi connectivity index (χ1n) is 5.56. The van der Waals surface area contributed by atoms with Crippen LogP contribution in [0.1, 0.15) is 5.56 Å². The van der Waals surface area contributed by atoms with Crippen LogP contribution in [0.2, 0.25) is 0 Å². The number of nitrogens with zero attached hydrogens (tertiary/aromatic N) is 3. The number of benzene rings is 1.